The minimum Gasteiger partial charge on any atom is -0.334 e. The van der Waals surface area contributed by atoms with Crippen molar-refractivity contribution < 1.29 is 9.72 Å². The number of nitro benzene ring substituents is 1. The van der Waals surface area contributed by atoms with Crippen molar-refractivity contribution in [1.82, 2.24) is 9.80 Å². The molecule has 136 valence electrons. The van der Waals surface area contributed by atoms with Crippen LogP contribution in [-0.4, -0.2) is 52.3 Å². The number of nitro groups is 1. The van der Waals surface area contributed by atoms with Gasteiger partial charge < -0.3 is 4.90 Å². The SMILES string of the molecule is CCC(=O)N1C2CCC1CN(C/C=C/c1ccc([N+](=O)[O-])cc1)C2.Cl. The third-order valence-electron chi connectivity index (χ3n) is 4.93. The minimum atomic E-state index is -0.389. The smallest absolute Gasteiger partial charge is 0.269 e. The van der Waals surface area contributed by atoms with Gasteiger partial charge in [-0.25, -0.2) is 0 Å². The summed E-state index contributed by atoms with van der Waals surface area (Å²) in [4.78, 5) is 26.8. The highest BCUT2D eigenvalue weighted by atomic mass is 35.5. The van der Waals surface area contributed by atoms with Gasteiger partial charge in [0, 0.05) is 50.3 Å². The second kappa shape index (κ2) is 8.45. The molecule has 0 aromatic heterocycles. The van der Waals surface area contributed by atoms with E-state index in [4.69, 9.17) is 0 Å². The molecule has 25 heavy (non-hydrogen) atoms. The molecule has 0 N–H and O–H groups in total. The van der Waals surface area contributed by atoms with E-state index in [-0.39, 0.29) is 28.9 Å². The summed E-state index contributed by atoms with van der Waals surface area (Å²) in [5, 5.41) is 10.6. The predicted molar refractivity (Wildman–Crippen MR) is 99.8 cm³/mol. The van der Waals surface area contributed by atoms with Crippen LogP contribution in [0.5, 0.6) is 0 Å². The Morgan fingerprint density at radius 1 is 1.24 bits per heavy atom. The van der Waals surface area contributed by atoms with Crippen LogP contribution in [0.2, 0.25) is 0 Å². The van der Waals surface area contributed by atoms with Crippen LogP contribution < -0.4 is 0 Å². The van der Waals surface area contributed by atoms with Crippen molar-refractivity contribution in [3.8, 4) is 0 Å². The number of amides is 1. The second-order valence-corrected chi connectivity index (χ2v) is 6.51. The number of rotatable bonds is 5. The summed E-state index contributed by atoms with van der Waals surface area (Å²) >= 11 is 0. The Morgan fingerprint density at radius 3 is 2.36 bits per heavy atom. The third-order valence-corrected chi connectivity index (χ3v) is 4.93. The average molecular weight is 366 g/mol. The number of likely N-dealkylation sites (tertiary alicyclic amines) is 1. The van der Waals surface area contributed by atoms with E-state index < -0.39 is 0 Å². The molecule has 7 heteroatoms. The molecule has 2 atom stereocenters. The fourth-order valence-electron chi connectivity index (χ4n) is 3.77. The average Bonchev–Trinajstić information content (AvgIpc) is 2.85. The van der Waals surface area contributed by atoms with E-state index in [1.54, 1.807) is 12.1 Å². The van der Waals surface area contributed by atoms with Gasteiger partial charge in [-0.15, -0.1) is 12.4 Å². The first-order chi connectivity index (χ1) is 11.6. The van der Waals surface area contributed by atoms with Gasteiger partial charge in [0.15, 0.2) is 0 Å². The lowest BCUT2D eigenvalue weighted by molar-refractivity contribution is -0.384. The molecule has 2 heterocycles. The highest BCUT2D eigenvalue weighted by Gasteiger charge is 2.41. The molecule has 2 bridgehead atoms. The molecule has 2 aliphatic heterocycles. The Morgan fingerprint density at radius 2 is 1.84 bits per heavy atom. The van der Waals surface area contributed by atoms with E-state index in [0.717, 1.165) is 38.0 Å². The molecule has 1 aromatic carbocycles. The first-order valence-corrected chi connectivity index (χ1v) is 8.53. The van der Waals surface area contributed by atoms with E-state index in [1.165, 1.54) is 12.1 Å². The van der Waals surface area contributed by atoms with Crippen molar-refractivity contribution in [3.63, 3.8) is 0 Å². The lowest BCUT2D eigenvalue weighted by Gasteiger charge is -2.40. The first-order valence-electron chi connectivity index (χ1n) is 8.53. The summed E-state index contributed by atoms with van der Waals surface area (Å²) in [6.45, 7) is 4.65. The van der Waals surface area contributed by atoms with E-state index in [0.29, 0.717) is 18.5 Å². The molecule has 0 radical (unpaired) electrons. The summed E-state index contributed by atoms with van der Waals surface area (Å²) in [5.41, 5.74) is 1.07. The predicted octanol–water partition coefficient (Wildman–Crippen LogP) is 3.12. The maximum atomic E-state index is 12.1. The summed E-state index contributed by atoms with van der Waals surface area (Å²) < 4.78 is 0. The van der Waals surface area contributed by atoms with Crippen LogP contribution in [0.25, 0.3) is 6.08 Å². The standard InChI is InChI=1S/C18H23N3O3.ClH/c1-2-18(22)20-16-9-10-17(20)13-19(12-16)11-3-4-14-5-7-15(8-6-14)21(23)24;/h3-8,16-17H,2,9-13H2,1H3;1H/b4-3+;. The largest absolute Gasteiger partial charge is 0.334 e. The Balaban J connectivity index is 0.00000225. The molecule has 1 amide bonds. The number of nitrogens with zero attached hydrogens (tertiary/aromatic N) is 3. The number of fused-ring (bicyclic) bond motifs is 2. The molecular formula is C18H24ClN3O3. The molecule has 6 nitrogen and oxygen atoms in total. The Kier molecular flexibility index (Phi) is 6.56. The van der Waals surface area contributed by atoms with Gasteiger partial charge in [0.1, 0.15) is 0 Å². The zero-order valence-corrected chi connectivity index (χ0v) is 15.2. The zero-order chi connectivity index (χ0) is 17.1. The molecule has 0 spiro atoms. The molecule has 0 saturated carbocycles. The maximum Gasteiger partial charge on any atom is 0.269 e. The zero-order valence-electron chi connectivity index (χ0n) is 14.3. The maximum absolute atomic E-state index is 12.1. The van der Waals surface area contributed by atoms with Crippen molar-refractivity contribution in [2.45, 2.75) is 38.3 Å². The van der Waals surface area contributed by atoms with Gasteiger partial charge in [0.05, 0.1) is 4.92 Å². The number of hydrogen-bond acceptors (Lipinski definition) is 4. The fourth-order valence-corrected chi connectivity index (χ4v) is 3.77. The number of carbonyl (C=O) groups excluding carboxylic acids is 1. The van der Waals surface area contributed by atoms with Gasteiger partial charge in [-0.2, -0.15) is 0 Å². The van der Waals surface area contributed by atoms with E-state index in [1.807, 2.05) is 13.0 Å². The lowest BCUT2D eigenvalue weighted by atomic mass is 10.1. The highest BCUT2D eigenvalue weighted by molar-refractivity contribution is 5.85. The van der Waals surface area contributed by atoms with E-state index in [2.05, 4.69) is 15.9 Å². The van der Waals surface area contributed by atoms with Gasteiger partial charge in [-0.05, 0) is 30.5 Å². The molecule has 2 fully saturated rings. The molecule has 2 unspecified atom stereocenters. The van der Waals surface area contributed by atoms with Gasteiger partial charge in [-0.3, -0.25) is 19.8 Å². The number of carbonyl (C=O) groups is 1. The van der Waals surface area contributed by atoms with Crippen molar-refractivity contribution in [1.29, 1.82) is 0 Å². The van der Waals surface area contributed by atoms with Crippen LogP contribution in [0.15, 0.2) is 30.3 Å². The minimum absolute atomic E-state index is 0. The van der Waals surface area contributed by atoms with Crippen LogP contribution in [-0.2, 0) is 4.79 Å². The van der Waals surface area contributed by atoms with Crippen molar-refractivity contribution in [3.05, 3.63) is 46.0 Å². The number of benzene rings is 1. The molecule has 3 rings (SSSR count). The van der Waals surface area contributed by atoms with Gasteiger partial charge in [0.25, 0.3) is 5.69 Å². The normalized spacial score (nSPS) is 22.8. The first kappa shape index (κ1) is 19.4. The van der Waals surface area contributed by atoms with E-state index in [9.17, 15) is 14.9 Å². The fraction of sp³-hybridized carbons (Fsp3) is 0.500. The van der Waals surface area contributed by atoms with Crippen molar-refractivity contribution in [2.75, 3.05) is 19.6 Å². The van der Waals surface area contributed by atoms with Gasteiger partial charge in [0.2, 0.25) is 5.91 Å². The van der Waals surface area contributed by atoms with Crippen molar-refractivity contribution in [2.24, 2.45) is 0 Å². The van der Waals surface area contributed by atoms with Crippen LogP contribution >= 0.6 is 12.4 Å². The summed E-state index contributed by atoms with van der Waals surface area (Å²) in [7, 11) is 0. The third kappa shape index (κ3) is 4.38. The molecule has 0 aliphatic carbocycles. The monoisotopic (exact) mass is 365 g/mol. The molecule has 2 saturated heterocycles. The quantitative estimate of drug-likeness (QED) is 0.594. The van der Waals surface area contributed by atoms with Crippen molar-refractivity contribution >= 4 is 30.1 Å². The van der Waals surface area contributed by atoms with Crippen LogP contribution in [0.4, 0.5) is 5.69 Å². The van der Waals surface area contributed by atoms with Gasteiger partial charge >= 0.3 is 0 Å². The number of halogens is 1. The summed E-state index contributed by atoms with van der Waals surface area (Å²) in [6.07, 6.45) is 6.90. The Labute approximate surface area is 154 Å². The number of piperazine rings is 1. The number of non-ortho nitro benzene ring substituents is 1. The van der Waals surface area contributed by atoms with Crippen LogP contribution in [0.3, 0.4) is 0 Å². The molecule has 2 aliphatic rings. The topological polar surface area (TPSA) is 66.7 Å². The van der Waals surface area contributed by atoms with Crippen LogP contribution in [0.1, 0.15) is 31.7 Å². The van der Waals surface area contributed by atoms with Gasteiger partial charge in [-0.1, -0.05) is 19.1 Å². The molecule has 1 aromatic rings. The molecular weight excluding hydrogens is 342 g/mol. The summed E-state index contributed by atoms with van der Waals surface area (Å²) in [5.74, 6) is 0.281. The number of hydrogen-bond donors (Lipinski definition) is 0. The Hall–Kier alpha value is -1.92. The Bertz CT molecular complexity index is 633. The van der Waals surface area contributed by atoms with Crippen LogP contribution in [0, 0.1) is 10.1 Å². The lowest BCUT2D eigenvalue weighted by Crippen LogP contribution is -2.55. The second-order valence-electron chi connectivity index (χ2n) is 6.51. The van der Waals surface area contributed by atoms with E-state index >= 15 is 0 Å². The highest BCUT2D eigenvalue weighted by Crippen LogP contribution is 2.30. The summed E-state index contributed by atoms with van der Waals surface area (Å²) in [6, 6.07) is 7.30.